The quantitative estimate of drug-likeness (QED) is 0.274. The molecule has 200 valence electrons. The molecule has 10 heteroatoms. The number of aromatic nitrogens is 4. The predicted molar refractivity (Wildman–Crippen MR) is 143 cm³/mol. The lowest BCUT2D eigenvalue weighted by Crippen LogP contribution is -2.43. The van der Waals surface area contributed by atoms with Crippen LogP contribution in [0.3, 0.4) is 0 Å². The third kappa shape index (κ3) is 4.15. The number of rotatable bonds is 8. The van der Waals surface area contributed by atoms with Crippen LogP contribution < -0.4 is 10.6 Å². The van der Waals surface area contributed by atoms with E-state index >= 15 is 0 Å². The number of amides is 1. The Morgan fingerprint density at radius 2 is 1.67 bits per heavy atom. The lowest BCUT2D eigenvalue weighted by molar-refractivity contribution is -0.137. The molecule has 4 N–H and O–H groups in total. The minimum absolute atomic E-state index is 0.0605. The molecular formula is C29H30N6O4. The van der Waals surface area contributed by atoms with Gasteiger partial charge in [-0.25, -0.2) is 15.0 Å². The first-order valence-corrected chi connectivity index (χ1v) is 13.4. The molecule has 2 aromatic heterocycles. The largest absolute Gasteiger partial charge is 0.387 e. The molecule has 3 fully saturated rings. The van der Waals surface area contributed by atoms with E-state index in [4.69, 9.17) is 4.74 Å². The highest BCUT2D eigenvalue weighted by Crippen LogP contribution is 2.58. The maximum Gasteiger partial charge on any atom is 0.252 e. The van der Waals surface area contributed by atoms with Crippen LogP contribution in [0, 0.1) is 5.92 Å². The fraction of sp³-hybridized carbons (Fsp3) is 0.379. The van der Waals surface area contributed by atoms with Crippen molar-refractivity contribution in [2.24, 2.45) is 5.92 Å². The van der Waals surface area contributed by atoms with E-state index in [-0.39, 0.29) is 11.5 Å². The summed E-state index contributed by atoms with van der Waals surface area (Å²) in [5.74, 6) is 0.518. The lowest BCUT2D eigenvalue weighted by atomic mass is 9.86. The molecule has 3 heterocycles. The molecule has 3 aliphatic rings. The van der Waals surface area contributed by atoms with Crippen molar-refractivity contribution < 1.29 is 19.7 Å². The number of nitrogens with one attached hydrogen (secondary N) is 2. The minimum atomic E-state index is -1.36. The number of fused-ring (bicyclic) bond motifs is 1. The number of carbonyl (C=O) groups excluding carboxylic acids is 1. The summed E-state index contributed by atoms with van der Waals surface area (Å²) in [7, 11) is 0. The highest BCUT2D eigenvalue weighted by molar-refractivity contribution is 5.84. The zero-order chi connectivity index (χ0) is 26.6. The van der Waals surface area contributed by atoms with Gasteiger partial charge >= 0.3 is 0 Å². The fourth-order valence-corrected chi connectivity index (χ4v) is 5.93. The van der Waals surface area contributed by atoms with Crippen LogP contribution in [0.1, 0.15) is 36.6 Å². The zero-order valence-corrected chi connectivity index (χ0v) is 21.2. The number of benzene rings is 2. The number of anilines is 1. The van der Waals surface area contributed by atoms with Gasteiger partial charge in [-0.15, -0.1) is 0 Å². The molecule has 39 heavy (non-hydrogen) atoms. The first kappa shape index (κ1) is 24.2. The van der Waals surface area contributed by atoms with E-state index in [1.807, 2.05) is 12.1 Å². The number of aliphatic hydroxyl groups is 2. The van der Waals surface area contributed by atoms with E-state index in [1.54, 1.807) is 4.57 Å². The Morgan fingerprint density at radius 1 is 0.974 bits per heavy atom. The molecule has 7 rings (SSSR count). The van der Waals surface area contributed by atoms with Crippen molar-refractivity contribution in [3.05, 3.63) is 84.4 Å². The first-order chi connectivity index (χ1) is 19.1. The third-order valence-electron chi connectivity index (χ3n) is 8.25. The number of carbonyl (C=O) groups is 1. The summed E-state index contributed by atoms with van der Waals surface area (Å²) >= 11 is 0. The Labute approximate surface area is 225 Å². The SMILES string of the molecule is O=C(NC1CC1)[C@H]1O[C@@H](n2cnc3c(NCC4CC4(c4ccccc4)c4ccccc4)ncnc32)[C@H](O)[C@@H]1O. The number of hydrogen-bond acceptors (Lipinski definition) is 8. The van der Waals surface area contributed by atoms with Gasteiger partial charge in [-0.3, -0.25) is 9.36 Å². The lowest BCUT2D eigenvalue weighted by Gasteiger charge is -2.19. The number of imidazole rings is 1. The highest BCUT2D eigenvalue weighted by atomic mass is 16.6. The van der Waals surface area contributed by atoms with Crippen LogP contribution in [-0.4, -0.2) is 66.5 Å². The van der Waals surface area contributed by atoms with Gasteiger partial charge in [0, 0.05) is 18.0 Å². The number of ether oxygens (including phenoxy) is 1. The molecule has 0 spiro atoms. The molecule has 5 atom stereocenters. The van der Waals surface area contributed by atoms with E-state index < -0.39 is 30.4 Å². The van der Waals surface area contributed by atoms with Gasteiger partial charge in [-0.05, 0) is 36.3 Å². The van der Waals surface area contributed by atoms with Crippen molar-refractivity contribution >= 4 is 22.9 Å². The predicted octanol–water partition coefficient (Wildman–Crippen LogP) is 2.14. The second-order valence-corrected chi connectivity index (χ2v) is 10.7. The number of nitrogens with zero attached hydrogens (tertiary/aromatic N) is 4. The van der Waals surface area contributed by atoms with Gasteiger partial charge in [0.25, 0.3) is 5.91 Å². The zero-order valence-electron chi connectivity index (χ0n) is 21.2. The average Bonchev–Trinajstić information content (AvgIpc) is 3.87. The van der Waals surface area contributed by atoms with Crippen LogP contribution in [0.2, 0.25) is 0 Å². The molecule has 1 unspecified atom stereocenters. The van der Waals surface area contributed by atoms with Gasteiger partial charge in [0.05, 0.1) is 6.33 Å². The molecule has 0 radical (unpaired) electrons. The molecule has 2 aliphatic carbocycles. The topological polar surface area (TPSA) is 134 Å². The van der Waals surface area contributed by atoms with Gasteiger partial charge in [-0.1, -0.05) is 60.7 Å². The summed E-state index contributed by atoms with van der Waals surface area (Å²) in [5.41, 5.74) is 3.51. The van der Waals surface area contributed by atoms with Crippen molar-refractivity contribution in [3.8, 4) is 0 Å². The molecule has 1 aliphatic heterocycles. The molecule has 1 saturated heterocycles. The Kier molecular flexibility index (Phi) is 5.84. The van der Waals surface area contributed by atoms with Crippen LogP contribution in [0.15, 0.2) is 73.3 Å². The fourth-order valence-electron chi connectivity index (χ4n) is 5.93. The van der Waals surface area contributed by atoms with Gasteiger partial charge in [-0.2, -0.15) is 0 Å². The number of aliphatic hydroxyl groups excluding tert-OH is 2. The Bertz CT molecular complexity index is 1450. The van der Waals surface area contributed by atoms with Gasteiger partial charge in [0.1, 0.15) is 18.5 Å². The summed E-state index contributed by atoms with van der Waals surface area (Å²) in [6.45, 7) is 0.688. The third-order valence-corrected chi connectivity index (χ3v) is 8.25. The summed E-state index contributed by atoms with van der Waals surface area (Å²) in [6, 6.07) is 21.3. The van der Waals surface area contributed by atoms with Crippen molar-refractivity contribution in [2.45, 2.75) is 55.3 Å². The standard InChI is InChI=1S/C29H30N6O4/c36-22-23(37)28(39-24(22)27(38)34-20-11-12-20)35-16-33-21-25(31-15-32-26(21)35)30-14-19-13-29(19,17-7-3-1-4-8-17)18-9-5-2-6-10-18/h1-10,15-16,19-20,22-24,28,36-37H,11-14H2,(H,34,38)(H,30,31,32)/t19?,22-,23+,24-,28+/m0/s1. The van der Waals surface area contributed by atoms with Crippen molar-refractivity contribution in [1.29, 1.82) is 0 Å². The van der Waals surface area contributed by atoms with Crippen LogP contribution >= 0.6 is 0 Å². The van der Waals surface area contributed by atoms with Crippen molar-refractivity contribution in [3.63, 3.8) is 0 Å². The second kappa shape index (κ2) is 9.41. The Balaban J connectivity index is 1.11. The molecular weight excluding hydrogens is 496 g/mol. The van der Waals surface area contributed by atoms with Crippen LogP contribution in [0.4, 0.5) is 5.82 Å². The van der Waals surface area contributed by atoms with Crippen LogP contribution in [-0.2, 0) is 14.9 Å². The highest BCUT2D eigenvalue weighted by Gasteiger charge is 2.56. The van der Waals surface area contributed by atoms with E-state index in [2.05, 4.69) is 74.1 Å². The smallest absolute Gasteiger partial charge is 0.252 e. The Hall–Kier alpha value is -3.86. The Morgan fingerprint density at radius 3 is 2.33 bits per heavy atom. The molecule has 1 amide bonds. The van der Waals surface area contributed by atoms with Gasteiger partial charge in [0.2, 0.25) is 0 Å². The van der Waals surface area contributed by atoms with Gasteiger partial charge in [0.15, 0.2) is 29.3 Å². The van der Waals surface area contributed by atoms with E-state index in [1.165, 1.54) is 23.8 Å². The number of hydrogen-bond donors (Lipinski definition) is 4. The maximum absolute atomic E-state index is 12.5. The van der Waals surface area contributed by atoms with Crippen molar-refractivity contribution in [1.82, 2.24) is 24.8 Å². The minimum Gasteiger partial charge on any atom is -0.387 e. The van der Waals surface area contributed by atoms with E-state index in [9.17, 15) is 15.0 Å². The van der Waals surface area contributed by atoms with Gasteiger partial charge < -0.3 is 25.6 Å². The first-order valence-electron chi connectivity index (χ1n) is 13.4. The molecule has 4 aromatic rings. The van der Waals surface area contributed by atoms with Crippen LogP contribution in [0.5, 0.6) is 0 Å². The average molecular weight is 527 g/mol. The molecule has 2 saturated carbocycles. The van der Waals surface area contributed by atoms with Crippen molar-refractivity contribution in [2.75, 3.05) is 11.9 Å². The molecule has 10 nitrogen and oxygen atoms in total. The molecule has 2 aromatic carbocycles. The second-order valence-electron chi connectivity index (χ2n) is 10.7. The maximum atomic E-state index is 12.5. The summed E-state index contributed by atoms with van der Waals surface area (Å²) in [6.07, 6.45) is 0.944. The normalized spacial score (nSPS) is 27.4. The summed E-state index contributed by atoms with van der Waals surface area (Å²) < 4.78 is 7.38. The molecule has 0 bridgehead atoms. The van der Waals surface area contributed by atoms with Crippen LogP contribution in [0.25, 0.3) is 11.2 Å². The monoisotopic (exact) mass is 526 g/mol. The summed E-state index contributed by atoms with van der Waals surface area (Å²) in [5, 5.41) is 27.6. The summed E-state index contributed by atoms with van der Waals surface area (Å²) in [4.78, 5) is 25.9. The van der Waals surface area contributed by atoms with E-state index in [0.717, 1.165) is 19.3 Å². The van der Waals surface area contributed by atoms with E-state index in [0.29, 0.717) is 29.4 Å².